The fourth-order valence-corrected chi connectivity index (χ4v) is 2.87. The topological polar surface area (TPSA) is 38.7 Å². The lowest BCUT2D eigenvalue weighted by Gasteiger charge is -2.07. The molecule has 0 unspecified atom stereocenters. The molecule has 0 atom stereocenters. The van der Waals surface area contributed by atoms with Crippen LogP contribution in [0.1, 0.15) is 0 Å². The lowest BCUT2D eigenvalue weighted by atomic mass is 10.1. The van der Waals surface area contributed by atoms with Crippen LogP contribution >= 0.6 is 34.5 Å². The smallest absolute Gasteiger partial charge is 0.191 e. The normalized spacial score (nSPS) is 10.8. The minimum atomic E-state index is -0.332. The molecule has 0 N–H and O–H groups in total. The summed E-state index contributed by atoms with van der Waals surface area (Å²) < 4.78 is 12.9. The van der Waals surface area contributed by atoms with Gasteiger partial charge in [-0.15, -0.1) is 11.3 Å². The van der Waals surface area contributed by atoms with Crippen molar-refractivity contribution in [3.63, 3.8) is 0 Å². The summed E-state index contributed by atoms with van der Waals surface area (Å²) in [5.41, 5.74) is 1.14. The van der Waals surface area contributed by atoms with Crippen molar-refractivity contribution in [2.24, 2.45) is 0 Å². The van der Waals surface area contributed by atoms with E-state index in [1.165, 1.54) is 23.5 Å². The van der Waals surface area contributed by atoms with Gasteiger partial charge in [0.05, 0.1) is 5.56 Å². The van der Waals surface area contributed by atoms with E-state index in [0.717, 1.165) is 0 Å². The van der Waals surface area contributed by atoms with Crippen LogP contribution in [-0.2, 0) is 0 Å². The molecule has 0 aliphatic heterocycles. The number of hydrogen-bond acceptors (Lipinski definition) is 4. The van der Waals surface area contributed by atoms with Gasteiger partial charge in [-0.2, -0.15) is 0 Å². The first-order valence-corrected chi connectivity index (χ1v) is 7.17. The number of nitrogens with zero attached hydrogens (tertiary/aromatic N) is 3. The lowest BCUT2D eigenvalue weighted by Crippen LogP contribution is -1.94. The van der Waals surface area contributed by atoms with Gasteiger partial charge in [0.1, 0.15) is 16.1 Å². The van der Waals surface area contributed by atoms with Crippen molar-refractivity contribution >= 4 is 34.5 Å². The number of aromatic nitrogens is 3. The Balaban J connectivity index is 2.11. The average molecular weight is 326 g/mol. The largest absolute Gasteiger partial charge is 0.241 e. The Hall–Kier alpha value is -1.56. The Kier molecular flexibility index (Phi) is 3.65. The fourth-order valence-electron chi connectivity index (χ4n) is 1.69. The number of benzene rings is 1. The molecule has 7 heteroatoms. The van der Waals surface area contributed by atoms with Gasteiger partial charge in [-0.3, -0.25) is 0 Å². The Morgan fingerprint density at radius 2 is 1.65 bits per heavy atom. The van der Waals surface area contributed by atoms with E-state index in [1.807, 2.05) is 5.38 Å². The highest BCUT2D eigenvalue weighted by Gasteiger charge is 2.15. The molecule has 3 nitrogen and oxygen atoms in total. The first kappa shape index (κ1) is 13.4. The lowest BCUT2D eigenvalue weighted by molar-refractivity contribution is 0.628. The maximum absolute atomic E-state index is 12.9. The van der Waals surface area contributed by atoms with E-state index in [2.05, 4.69) is 15.0 Å². The van der Waals surface area contributed by atoms with Crippen LogP contribution in [0.3, 0.4) is 0 Å². The number of rotatable bonds is 2. The fraction of sp³-hybridized carbons (Fsp3) is 0. The molecule has 0 fully saturated rings. The van der Waals surface area contributed by atoms with Crippen molar-refractivity contribution in [2.45, 2.75) is 0 Å². The zero-order chi connectivity index (χ0) is 14.1. The van der Waals surface area contributed by atoms with Crippen molar-refractivity contribution in [2.75, 3.05) is 0 Å². The molecule has 100 valence electrons. The molecule has 0 radical (unpaired) electrons. The second kappa shape index (κ2) is 5.44. The molecule has 0 bridgehead atoms. The van der Waals surface area contributed by atoms with Gasteiger partial charge in [-0.05, 0) is 17.7 Å². The molecule has 0 saturated heterocycles. The van der Waals surface area contributed by atoms with E-state index >= 15 is 0 Å². The van der Waals surface area contributed by atoms with Gasteiger partial charge in [-0.1, -0.05) is 35.3 Å². The van der Waals surface area contributed by atoms with Crippen molar-refractivity contribution < 1.29 is 4.39 Å². The Morgan fingerprint density at radius 3 is 2.20 bits per heavy atom. The minimum Gasteiger partial charge on any atom is -0.241 e. The van der Waals surface area contributed by atoms with E-state index in [1.54, 1.807) is 18.3 Å². The summed E-state index contributed by atoms with van der Waals surface area (Å²) in [6.45, 7) is 0. The first-order chi connectivity index (χ1) is 9.65. The summed E-state index contributed by atoms with van der Waals surface area (Å²) in [5, 5.41) is 2.87. The van der Waals surface area contributed by atoms with Gasteiger partial charge in [-0.25, -0.2) is 19.3 Å². The standard InChI is InChI=1S/C13H6Cl2FN3S/c14-10-9(7-1-3-8(16)4-2-7)11(15)19-12(18-10)13-17-5-6-20-13/h1-6H. The van der Waals surface area contributed by atoms with Crippen LogP contribution in [0.25, 0.3) is 22.0 Å². The van der Waals surface area contributed by atoms with Crippen LogP contribution in [-0.4, -0.2) is 15.0 Å². The van der Waals surface area contributed by atoms with E-state index in [9.17, 15) is 4.39 Å². The molecule has 0 amide bonds. The SMILES string of the molecule is Fc1ccc(-c2c(Cl)nc(-c3nccs3)nc2Cl)cc1. The van der Waals surface area contributed by atoms with Crippen LogP contribution in [0, 0.1) is 5.82 Å². The van der Waals surface area contributed by atoms with E-state index in [4.69, 9.17) is 23.2 Å². The summed E-state index contributed by atoms with van der Waals surface area (Å²) >= 11 is 13.7. The van der Waals surface area contributed by atoms with Gasteiger partial charge in [0.2, 0.25) is 0 Å². The van der Waals surface area contributed by atoms with Gasteiger partial charge in [0.25, 0.3) is 0 Å². The van der Waals surface area contributed by atoms with Crippen LogP contribution in [0.4, 0.5) is 4.39 Å². The van der Waals surface area contributed by atoms with E-state index in [-0.39, 0.29) is 16.1 Å². The Morgan fingerprint density at radius 1 is 1.00 bits per heavy atom. The monoisotopic (exact) mass is 325 g/mol. The molecule has 3 aromatic rings. The van der Waals surface area contributed by atoms with Crippen LogP contribution < -0.4 is 0 Å². The minimum absolute atomic E-state index is 0.210. The predicted octanol–water partition coefficient (Wildman–Crippen LogP) is 4.71. The first-order valence-electron chi connectivity index (χ1n) is 5.54. The molecule has 2 aromatic heterocycles. The zero-order valence-corrected chi connectivity index (χ0v) is 12.2. The summed E-state index contributed by atoms with van der Waals surface area (Å²) in [6, 6.07) is 5.82. The number of halogens is 3. The number of thiazole rings is 1. The van der Waals surface area contributed by atoms with E-state index in [0.29, 0.717) is 22.0 Å². The van der Waals surface area contributed by atoms with Gasteiger partial charge >= 0.3 is 0 Å². The molecule has 0 aliphatic rings. The van der Waals surface area contributed by atoms with E-state index < -0.39 is 0 Å². The highest BCUT2D eigenvalue weighted by Crippen LogP contribution is 2.34. The third-order valence-electron chi connectivity index (χ3n) is 2.58. The summed E-state index contributed by atoms with van der Waals surface area (Å²) in [7, 11) is 0. The Labute approximate surface area is 128 Å². The highest BCUT2D eigenvalue weighted by molar-refractivity contribution is 7.13. The molecular formula is C13H6Cl2FN3S. The predicted molar refractivity (Wildman–Crippen MR) is 78.6 cm³/mol. The molecule has 0 saturated carbocycles. The molecule has 0 spiro atoms. The second-order valence-electron chi connectivity index (χ2n) is 3.85. The third kappa shape index (κ3) is 2.52. The van der Waals surface area contributed by atoms with Crippen molar-refractivity contribution in [3.8, 4) is 22.0 Å². The molecule has 0 aliphatic carbocycles. The van der Waals surface area contributed by atoms with Crippen LogP contribution in [0.15, 0.2) is 35.8 Å². The van der Waals surface area contributed by atoms with Gasteiger partial charge < -0.3 is 0 Å². The zero-order valence-electron chi connectivity index (χ0n) is 9.85. The summed E-state index contributed by atoms with van der Waals surface area (Å²) in [4.78, 5) is 12.5. The van der Waals surface area contributed by atoms with Crippen LogP contribution in [0.5, 0.6) is 0 Å². The Bertz CT molecular complexity index is 722. The highest BCUT2D eigenvalue weighted by atomic mass is 35.5. The maximum atomic E-state index is 12.9. The van der Waals surface area contributed by atoms with Gasteiger partial charge in [0.15, 0.2) is 10.8 Å². The maximum Gasteiger partial charge on any atom is 0.191 e. The molecule has 2 heterocycles. The van der Waals surface area contributed by atoms with Crippen molar-refractivity contribution in [3.05, 3.63) is 52.0 Å². The third-order valence-corrected chi connectivity index (χ3v) is 3.89. The molecule has 3 rings (SSSR count). The van der Waals surface area contributed by atoms with Gasteiger partial charge in [0, 0.05) is 11.6 Å². The summed E-state index contributed by atoms with van der Waals surface area (Å²) in [6.07, 6.45) is 1.65. The molecule has 20 heavy (non-hydrogen) atoms. The second-order valence-corrected chi connectivity index (χ2v) is 5.46. The van der Waals surface area contributed by atoms with Crippen LogP contribution in [0.2, 0.25) is 10.3 Å². The average Bonchev–Trinajstić information content (AvgIpc) is 2.94. The quantitative estimate of drug-likeness (QED) is 0.640. The summed E-state index contributed by atoms with van der Waals surface area (Å²) in [5.74, 6) is 0.0437. The van der Waals surface area contributed by atoms with Crippen molar-refractivity contribution in [1.29, 1.82) is 0 Å². The van der Waals surface area contributed by atoms with Crippen molar-refractivity contribution in [1.82, 2.24) is 15.0 Å². The molecule has 1 aromatic carbocycles. The number of hydrogen-bond donors (Lipinski definition) is 0. The molecular weight excluding hydrogens is 320 g/mol.